The van der Waals surface area contributed by atoms with E-state index in [1.807, 2.05) is 18.7 Å². The summed E-state index contributed by atoms with van der Waals surface area (Å²) in [5, 5.41) is 8.72. The van der Waals surface area contributed by atoms with Crippen molar-refractivity contribution < 1.29 is 4.74 Å². The Labute approximate surface area is 113 Å². The van der Waals surface area contributed by atoms with Gasteiger partial charge >= 0.3 is 0 Å². The first-order valence-corrected chi connectivity index (χ1v) is 6.09. The molecule has 0 aliphatic carbocycles. The van der Waals surface area contributed by atoms with Crippen LogP contribution in [0.1, 0.15) is 26.1 Å². The van der Waals surface area contributed by atoms with Crippen LogP contribution in [0, 0.1) is 11.3 Å². The summed E-state index contributed by atoms with van der Waals surface area (Å²) < 4.78 is 5.04. The third-order valence-electron chi connectivity index (χ3n) is 2.56. The monoisotopic (exact) mass is 264 g/mol. The Morgan fingerprint density at radius 3 is 2.79 bits per heavy atom. The fourth-order valence-corrected chi connectivity index (χ4v) is 1.71. The molecule has 7 heteroatoms. The molecule has 0 saturated heterocycles. The van der Waals surface area contributed by atoms with Crippen molar-refractivity contribution in [3.8, 4) is 6.07 Å². The largest absolute Gasteiger partial charge is 0.377 e. The number of nitrogens with one attached hydrogen (secondary N) is 1. The molecule has 1 aromatic rings. The Balaban J connectivity index is 3.06. The van der Waals surface area contributed by atoms with Gasteiger partial charge in [-0.2, -0.15) is 5.26 Å². The Bertz CT molecular complexity index is 442. The Kier molecular flexibility index (Phi) is 5.99. The Morgan fingerprint density at radius 1 is 1.53 bits per heavy atom. The number of nitriles is 1. The molecule has 0 aliphatic rings. The van der Waals surface area contributed by atoms with Gasteiger partial charge in [0.1, 0.15) is 18.2 Å². The number of hydrogen-bond donors (Lipinski definition) is 2. The molecule has 0 saturated carbocycles. The minimum absolute atomic E-state index is 0.226. The van der Waals surface area contributed by atoms with Crippen molar-refractivity contribution >= 4 is 11.6 Å². The van der Waals surface area contributed by atoms with Crippen LogP contribution in [0.5, 0.6) is 0 Å². The van der Waals surface area contributed by atoms with E-state index in [4.69, 9.17) is 15.8 Å². The van der Waals surface area contributed by atoms with Gasteiger partial charge in [-0.05, 0) is 13.8 Å². The maximum Gasteiger partial charge on any atom is 0.158 e. The van der Waals surface area contributed by atoms with E-state index >= 15 is 0 Å². The number of anilines is 2. The van der Waals surface area contributed by atoms with Gasteiger partial charge in [0.15, 0.2) is 5.82 Å². The lowest BCUT2D eigenvalue weighted by molar-refractivity contribution is 0.178. The topological polar surface area (TPSA) is 100 Å². The molecule has 0 bridgehead atoms. The quantitative estimate of drug-likeness (QED) is 0.560. The van der Waals surface area contributed by atoms with Gasteiger partial charge in [0.05, 0.1) is 12.5 Å². The van der Waals surface area contributed by atoms with E-state index < -0.39 is 0 Å². The van der Waals surface area contributed by atoms with Crippen molar-refractivity contribution in [1.29, 1.82) is 5.26 Å². The summed E-state index contributed by atoms with van der Waals surface area (Å²) in [4.78, 5) is 10.7. The van der Waals surface area contributed by atoms with Crippen LogP contribution in [0.2, 0.25) is 0 Å². The highest BCUT2D eigenvalue weighted by atomic mass is 16.5. The van der Waals surface area contributed by atoms with E-state index in [1.165, 1.54) is 0 Å². The first-order chi connectivity index (χ1) is 9.12. The van der Waals surface area contributed by atoms with E-state index in [-0.39, 0.29) is 6.04 Å². The lowest BCUT2D eigenvalue weighted by atomic mass is 10.3. The molecule has 3 N–H and O–H groups in total. The predicted octanol–water partition coefficient (Wildman–Crippen LogP) is 1.04. The molecule has 0 spiro atoms. The van der Waals surface area contributed by atoms with Gasteiger partial charge in [-0.3, -0.25) is 0 Å². The van der Waals surface area contributed by atoms with Crippen LogP contribution in [0.15, 0.2) is 6.07 Å². The fraction of sp³-hybridized carbons (Fsp3) is 0.583. The van der Waals surface area contributed by atoms with E-state index in [9.17, 15) is 0 Å². The van der Waals surface area contributed by atoms with Crippen molar-refractivity contribution in [3.05, 3.63) is 11.9 Å². The van der Waals surface area contributed by atoms with Crippen LogP contribution in [0.4, 0.5) is 11.6 Å². The van der Waals surface area contributed by atoms with Crippen molar-refractivity contribution in [3.63, 3.8) is 0 Å². The molecule has 0 unspecified atom stereocenters. The molecule has 0 aliphatic heterocycles. The minimum Gasteiger partial charge on any atom is -0.377 e. The van der Waals surface area contributed by atoms with Gasteiger partial charge < -0.3 is 15.1 Å². The normalized spacial score (nSPS) is 10.3. The highest BCUT2D eigenvalue weighted by Crippen LogP contribution is 2.18. The number of nitrogens with two attached hydrogens (primary N) is 1. The van der Waals surface area contributed by atoms with Gasteiger partial charge in [-0.1, -0.05) is 0 Å². The number of nitrogen functional groups attached to an aromatic ring is 1. The second kappa shape index (κ2) is 7.51. The van der Waals surface area contributed by atoms with Gasteiger partial charge in [0, 0.05) is 25.8 Å². The molecule has 0 fully saturated rings. The number of aromatic nitrogens is 2. The molecule has 104 valence electrons. The van der Waals surface area contributed by atoms with Gasteiger partial charge in [-0.25, -0.2) is 15.8 Å². The first kappa shape index (κ1) is 15.1. The van der Waals surface area contributed by atoms with Gasteiger partial charge in [0.2, 0.25) is 0 Å². The number of hydrogen-bond acceptors (Lipinski definition) is 7. The Hall–Kier alpha value is -1.91. The zero-order valence-corrected chi connectivity index (χ0v) is 11.6. The average molecular weight is 264 g/mol. The van der Waals surface area contributed by atoms with Crippen molar-refractivity contribution in [2.75, 3.05) is 24.0 Å². The summed E-state index contributed by atoms with van der Waals surface area (Å²) in [6.07, 6.45) is 0.438. The van der Waals surface area contributed by atoms with Crippen LogP contribution in [-0.2, 0) is 11.3 Å². The van der Waals surface area contributed by atoms with Crippen LogP contribution in [0.25, 0.3) is 0 Å². The lowest BCUT2D eigenvalue weighted by Crippen LogP contribution is -2.33. The standard InChI is InChI=1S/C12H20N6O/c1-9(2)18(6-4-5-13)12-7-10(17-14)15-11(16-12)8-19-3/h7,9H,4,6,8,14H2,1-3H3,(H,15,16,17). The number of rotatable bonds is 7. The van der Waals surface area contributed by atoms with E-state index in [0.29, 0.717) is 31.2 Å². The maximum absolute atomic E-state index is 8.72. The maximum atomic E-state index is 8.72. The SMILES string of the molecule is COCc1nc(NN)cc(N(CCC#N)C(C)C)n1. The molecule has 19 heavy (non-hydrogen) atoms. The zero-order valence-electron chi connectivity index (χ0n) is 11.6. The number of ether oxygens (including phenoxy) is 1. The lowest BCUT2D eigenvalue weighted by Gasteiger charge is -2.27. The molecular formula is C12H20N6O. The van der Waals surface area contributed by atoms with Crippen molar-refractivity contribution in [1.82, 2.24) is 9.97 Å². The summed E-state index contributed by atoms with van der Waals surface area (Å²) in [7, 11) is 1.58. The minimum atomic E-state index is 0.226. The van der Waals surface area contributed by atoms with Gasteiger partial charge in [0.25, 0.3) is 0 Å². The first-order valence-electron chi connectivity index (χ1n) is 6.09. The van der Waals surface area contributed by atoms with E-state index in [0.717, 1.165) is 5.82 Å². The molecule has 0 atom stereocenters. The average Bonchev–Trinajstić information content (AvgIpc) is 2.39. The van der Waals surface area contributed by atoms with Crippen molar-refractivity contribution in [2.45, 2.75) is 32.9 Å². The number of nitrogens with zero attached hydrogens (tertiary/aromatic N) is 4. The molecule has 1 aromatic heterocycles. The second-order valence-corrected chi connectivity index (χ2v) is 4.30. The summed E-state index contributed by atoms with van der Waals surface area (Å²) in [5.74, 6) is 7.22. The summed E-state index contributed by atoms with van der Waals surface area (Å²) in [6, 6.07) is 4.13. The number of hydrazine groups is 1. The molecule has 7 nitrogen and oxygen atoms in total. The van der Waals surface area contributed by atoms with Crippen LogP contribution in [-0.4, -0.2) is 29.7 Å². The fourth-order valence-electron chi connectivity index (χ4n) is 1.71. The molecular weight excluding hydrogens is 244 g/mol. The predicted molar refractivity (Wildman–Crippen MR) is 73.3 cm³/mol. The van der Waals surface area contributed by atoms with Crippen LogP contribution >= 0.6 is 0 Å². The van der Waals surface area contributed by atoms with E-state index in [1.54, 1.807) is 13.2 Å². The second-order valence-electron chi connectivity index (χ2n) is 4.30. The highest BCUT2D eigenvalue weighted by molar-refractivity contribution is 5.49. The number of methoxy groups -OCH3 is 1. The molecule has 0 aromatic carbocycles. The van der Waals surface area contributed by atoms with Crippen LogP contribution < -0.4 is 16.2 Å². The molecule has 0 amide bonds. The zero-order chi connectivity index (χ0) is 14.3. The summed E-state index contributed by atoms with van der Waals surface area (Å²) in [6.45, 7) is 5.02. The smallest absolute Gasteiger partial charge is 0.158 e. The molecule has 1 rings (SSSR count). The van der Waals surface area contributed by atoms with Crippen molar-refractivity contribution in [2.24, 2.45) is 5.84 Å². The Morgan fingerprint density at radius 2 is 2.26 bits per heavy atom. The van der Waals surface area contributed by atoms with E-state index in [2.05, 4.69) is 21.5 Å². The third-order valence-corrected chi connectivity index (χ3v) is 2.56. The summed E-state index contributed by atoms with van der Waals surface area (Å²) >= 11 is 0. The van der Waals surface area contributed by atoms with Crippen LogP contribution in [0.3, 0.4) is 0 Å². The van der Waals surface area contributed by atoms with Gasteiger partial charge in [-0.15, -0.1) is 0 Å². The highest BCUT2D eigenvalue weighted by Gasteiger charge is 2.14. The molecule has 0 radical (unpaired) electrons. The molecule has 1 heterocycles. The third kappa shape index (κ3) is 4.35. The summed E-state index contributed by atoms with van der Waals surface area (Å²) in [5.41, 5.74) is 2.52.